The predicted molar refractivity (Wildman–Crippen MR) is 50.2 cm³/mol. The van der Waals surface area contributed by atoms with Gasteiger partial charge in [0.25, 0.3) is 0 Å². The number of hydrogen-bond acceptors (Lipinski definition) is 1. The third kappa shape index (κ3) is 2.44. The minimum Gasteiger partial charge on any atom is -0.342 e. The molecular formula is C10H19N2O+. The first-order valence-corrected chi connectivity index (χ1v) is 5.36. The average molecular weight is 183 g/mol. The van der Waals surface area contributed by atoms with E-state index in [4.69, 9.17) is 0 Å². The largest absolute Gasteiger partial charge is 0.342 e. The van der Waals surface area contributed by atoms with E-state index in [-0.39, 0.29) is 5.91 Å². The quantitative estimate of drug-likeness (QED) is 0.628. The maximum atomic E-state index is 11.1. The van der Waals surface area contributed by atoms with Crippen molar-refractivity contribution >= 4 is 5.91 Å². The standard InChI is InChI=1S/C10H18N2O/c1-8(13)12-6-4-10(5-7-12)11-9-2-3-9/h9-11H,2-7H2,1H3/p+1. The van der Waals surface area contributed by atoms with Gasteiger partial charge >= 0.3 is 0 Å². The van der Waals surface area contributed by atoms with Crippen LogP contribution in [0, 0.1) is 0 Å². The second-order valence-corrected chi connectivity index (χ2v) is 4.37. The third-order valence-electron chi connectivity index (χ3n) is 3.15. The van der Waals surface area contributed by atoms with Crippen molar-refractivity contribution in [1.29, 1.82) is 0 Å². The Kier molecular flexibility index (Phi) is 2.54. The van der Waals surface area contributed by atoms with Gasteiger partial charge in [-0.15, -0.1) is 0 Å². The Morgan fingerprint density at radius 2 is 1.69 bits per heavy atom. The van der Waals surface area contributed by atoms with Crippen molar-refractivity contribution in [2.75, 3.05) is 13.1 Å². The number of nitrogens with two attached hydrogens (primary N) is 1. The van der Waals surface area contributed by atoms with E-state index < -0.39 is 0 Å². The zero-order valence-electron chi connectivity index (χ0n) is 8.33. The van der Waals surface area contributed by atoms with Gasteiger partial charge in [-0.2, -0.15) is 0 Å². The molecule has 0 aromatic rings. The number of nitrogens with zero attached hydrogens (tertiary/aromatic N) is 1. The van der Waals surface area contributed by atoms with Crippen LogP contribution in [0.4, 0.5) is 0 Å². The first-order chi connectivity index (χ1) is 6.25. The molecule has 1 amide bonds. The number of piperidine rings is 1. The fourth-order valence-corrected chi connectivity index (χ4v) is 2.08. The van der Waals surface area contributed by atoms with Gasteiger partial charge in [-0.05, 0) is 0 Å². The molecule has 3 heteroatoms. The van der Waals surface area contributed by atoms with Crippen LogP contribution >= 0.6 is 0 Å². The van der Waals surface area contributed by atoms with Crippen molar-refractivity contribution in [1.82, 2.24) is 4.90 Å². The molecule has 1 saturated carbocycles. The molecule has 1 aliphatic carbocycles. The van der Waals surface area contributed by atoms with Crippen LogP contribution in [-0.2, 0) is 4.79 Å². The molecule has 2 aliphatic rings. The summed E-state index contributed by atoms with van der Waals surface area (Å²) in [6.07, 6.45) is 5.20. The summed E-state index contributed by atoms with van der Waals surface area (Å²) < 4.78 is 0. The van der Waals surface area contributed by atoms with Crippen molar-refractivity contribution < 1.29 is 10.1 Å². The summed E-state index contributed by atoms with van der Waals surface area (Å²) in [4.78, 5) is 13.0. The van der Waals surface area contributed by atoms with E-state index in [1.54, 1.807) is 6.92 Å². The highest BCUT2D eigenvalue weighted by Gasteiger charge is 2.31. The molecular weight excluding hydrogens is 164 g/mol. The molecule has 1 aliphatic heterocycles. The Morgan fingerprint density at radius 3 is 2.15 bits per heavy atom. The Bertz CT molecular complexity index is 193. The highest BCUT2D eigenvalue weighted by atomic mass is 16.2. The van der Waals surface area contributed by atoms with E-state index in [1.807, 2.05) is 4.90 Å². The molecule has 0 unspecified atom stereocenters. The summed E-state index contributed by atoms with van der Waals surface area (Å²) in [5.41, 5.74) is 0. The van der Waals surface area contributed by atoms with E-state index in [0.717, 1.165) is 25.2 Å². The summed E-state index contributed by atoms with van der Waals surface area (Å²) in [6, 6.07) is 1.72. The topological polar surface area (TPSA) is 36.9 Å². The maximum Gasteiger partial charge on any atom is 0.219 e. The van der Waals surface area contributed by atoms with Crippen LogP contribution in [0.15, 0.2) is 0 Å². The van der Waals surface area contributed by atoms with Crippen LogP contribution < -0.4 is 5.32 Å². The molecule has 2 fully saturated rings. The molecule has 0 spiro atoms. The van der Waals surface area contributed by atoms with Crippen LogP contribution in [0.1, 0.15) is 32.6 Å². The van der Waals surface area contributed by atoms with Crippen LogP contribution in [0.2, 0.25) is 0 Å². The molecule has 0 aromatic heterocycles. The van der Waals surface area contributed by atoms with Crippen LogP contribution in [0.25, 0.3) is 0 Å². The summed E-state index contributed by atoms with van der Waals surface area (Å²) >= 11 is 0. The van der Waals surface area contributed by atoms with Gasteiger partial charge in [0.1, 0.15) is 0 Å². The van der Waals surface area contributed by atoms with Gasteiger partial charge < -0.3 is 10.2 Å². The maximum absolute atomic E-state index is 11.1. The number of carbonyl (C=O) groups excluding carboxylic acids is 1. The Balaban J connectivity index is 1.71. The summed E-state index contributed by atoms with van der Waals surface area (Å²) in [6.45, 7) is 3.62. The van der Waals surface area contributed by atoms with Crippen molar-refractivity contribution in [3.63, 3.8) is 0 Å². The zero-order chi connectivity index (χ0) is 9.26. The van der Waals surface area contributed by atoms with Crippen molar-refractivity contribution in [2.24, 2.45) is 0 Å². The fourth-order valence-electron chi connectivity index (χ4n) is 2.08. The highest BCUT2D eigenvalue weighted by Crippen LogP contribution is 2.16. The molecule has 2 N–H and O–H groups in total. The smallest absolute Gasteiger partial charge is 0.219 e. The number of hydrogen-bond donors (Lipinski definition) is 1. The van der Waals surface area contributed by atoms with Crippen molar-refractivity contribution in [3.05, 3.63) is 0 Å². The molecule has 0 atom stereocenters. The van der Waals surface area contributed by atoms with Gasteiger partial charge in [-0.1, -0.05) is 0 Å². The van der Waals surface area contributed by atoms with Crippen LogP contribution in [-0.4, -0.2) is 36.0 Å². The lowest BCUT2D eigenvalue weighted by atomic mass is 10.1. The van der Waals surface area contributed by atoms with E-state index in [1.165, 1.54) is 25.7 Å². The Morgan fingerprint density at radius 1 is 1.15 bits per heavy atom. The summed E-state index contributed by atoms with van der Waals surface area (Å²) in [5.74, 6) is 0.241. The van der Waals surface area contributed by atoms with Crippen molar-refractivity contribution in [3.8, 4) is 0 Å². The van der Waals surface area contributed by atoms with E-state index in [9.17, 15) is 4.79 Å². The van der Waals surface area contributed by atoms with Gasteiger partial charge in [0, 0.05) is 45.7 Å². The molecule has 1 saturated heterocycles. The number of amides is 1. The molecule has 74 valence electrons. The fraction of sp³-hybridized carbons (Fsp3) is 0.900. The zero-order valence-corrected chi connectivity index (χ0v) is 8.33. The second-order valence-electron chi connectivity index (χ2n) is 4.37. The average Bonchev–Trinajstić information content (AvgIpc) is 2.89. The molecule has 2 rings (SSSR count). The van der Waals surface area contributed by atoms with Crippen LogP contribution in [0.3, 0.4) is 0 Å². The number of likely N-dealkylation sites (tertiary alicyclic amines) is 1. The van der Waals surface area contributed by atoms with Gasteiger partial charge in [-0.25, -0.2) is 0 Å². The Labute approximate surface area is 79.5 Å². The van der Waals surface area contributed by atoms with Gasteiger partial charge in [0.15, 0.2) is 0 Å². The number of rotatable bonds is 2. The van der Waals surface area contributed by atoms with Crippen LogP contribution in [0.5, 0.6) is 0 Å². The second kappa shape index (κ2) is 3.66. The third-order valence-corrected chi connectivity index (χ3v) is 3.15. The van der Waals surface area contributed by atoms with Gasteiger partial charge in [0.05, 0.1) is 12.1 Å². The van der Waals surface area contributed by atoms with Gasteiger partial charge in [-0.3, -0.25) is 4.79 Å². The molecule has 0 aromatic carbocycles. The minimum atomic E-state index is 0.241. The lowest BCUT2D eigenvalue weighted by Gasteiger charge is -2.29. The molecule has 1 heterocycles. The van der Waals surface area contributed by atoms with E-state index in [0.29, 0.717) is 0 Å². The molecule has 0 radical (unpaired) electrons. The van der Waals surface area contributed by atoms with E-state index in [2.05, 4.69) is 5.32 Å². The first kappa shape index (κ1) is 9.00. The number of carbonyl (C=O) groups is 1. The van der Waals surface area contributed by atoms with E-state index >= 15 is 0 Å². The molecule has 3 nitrogen and oxygen atoms in total. The molecule has 0 bridgehead atoms. The Hall–Kier alpha value is -0.570. The lowest BCUT2D eigenvalue weighted by Crippen LogP contribution is -2.92. The predicted octanol–water partition coefficient (Wildman–Crippen LogP) is -0.277. The SMILES string of the molecule is CC(=O)N1CCC([NH2+]C2CC2)CC1. The monoisotopic (exact) mass is 183 g/mol. The summed E-state index contributed by atoms with van der Waals surface area (Å²) in [5, 5.41) is 2.53. The minimum absolute atomic E-state index is 0.241. The van der Waals surface area contributed by atoms with Gasteiger partial charge in [0.2, 0.25) is 5.91 Å². The number of quaternary nitrogens is 1. The highest BCUT2D eigenvalue weighted by molar-refractivity contribution is 5.73. The lowest BCUT2D eigenvalue weighted by molar-refractivity contribution is -0.704. The normalized spacial score (nSPS) is 24.8. The summed E-state index contributed by atoms with van der Waals surface area (Å²) in [7, 11) is 0. The first-order valence-electron chi connectivity index (χ1n) is 5.36. The molecule has 13 heavy (non-hydrogen) atoms. The van der Waals surface area contributed by atoms with Crippen molar-refractivity contribution in [2.45, 2.75) is 44.7 Å².